The second kappa shape index (κ2) is 71.2. The Morgan fingerprint density at radius 2 is 0.508 bits per heavy atom. The van der Waals surface area contributed by atoms with Crippen LogP contribution >= 0.6 is 0 Å². The van der Waals surface area contributed by atoms with Crippen molar-refractivity contribution in [1.82, 2.24) is 9.97 Å². The Morgan fingerprint density at radius 1 is 0.286 bits per heavy atom. The first-order valence-corrected chi connectivity index (χ1v) is 51.5. The molecule has 0 fully saturated rings. The number of rotatable bonds is 83. The lowest BCUT2D eigenvalue weighted by Gasteiger charge is -2.19. The summed E-state index contributed by atoms with van der Waals surface area (Å²) in [5, 5.41) is 6.21. The van der Waals surface area contributed by atoms with E-state index in [-0.39, 0.29) is 29.0 Å². The lowest BCUT2D eigenvalue weighted by molar-refractivity contribution is 0.101. The van der Waals surface area contributed by atoms with Gasteiger partial charge in [-0.05, 0) is 122 Å². The van der Waals surface area contributed by atoms with Crippen LogP contribution in [-0.2, 0) is 4.65 Å². The van der Waals surface area contributed by atoms with Crippen molar-refractivity contribution in [3.63, 3.8) is 0 Å². The van der Waals surface area contributed by atoms with Crippen molar-refractivity contribution >= 4 is 42.2 Å². The highest BCUT2D eigenvalue weighted by atomic mass is 19.2. The van der Waals surface area contributed by atoms with Crippen LogP contribution < -0.4 is 39.1 Å². The maximum Gasteiger partial charge on any atom is 0.796 e. The van der Waals surface area contributed by atoms with Crippen LogP contribution in [0, 0.1) is 0 Å². The Hall–Kier alpha value is -7.69. The van der Waals surface area contributed by atoms with Gasteiger partial charge in [-0.2, -0.15) is 0 Å². The van der Waals surface area contributed by atoms with Crippen molar-refractivity contribution in [2.24, 2.45) is 0 Å². The van der Waals surface area contributed by atoms with E-state index in [4.69, 9.17) is 33.1 Å². The number of ketones is 1. The minimum Gasteiger partial charge on any atom is -0.503 e. The molecule has 2 amide bonds. The number of hydrogen-bond donors (Lipinski definition) is 4. The van der Waals surface area contributed by atoms with Crippen molar-refractivity contribution in [3.05, 3.63) is 126 Å². The normalized spacial score (nSPS) is 11.5. The molecule has 0 unspecified atom stereocenters. The molecule has 0 bridgehead atoms. The smallest absolute Gasteiger partial charge is 0.503 e. The molecule has 6 aromatic rings. The highest BCUT2D eigenvalue weighted by Gasteiger charge is 2.26. The molecule has 126 heavy (non-hydrogen) atoms. The zero-order chi connectivity index (χ0) is 89.6. The Bertz CT molecular complexity index is 3670. The maximum absolute atomic E-state index is 14.5. The fraction of sp³-hybridized carbons (Fsp3) is 0.661. The first-order valence-electron chi connectivity index (χ1n) is 51.5. The second-order valence-corrected chi connectivity index (χ2v) is 35.7. The van der Waals surface area contributed by atoms with Gasteiger partial charge in [-0.1, -0.05) is 413 Å². The first kappa shape index (κ1) is 107. The molecule has 2 heterocycles. The topological polar surface area (TPSA) is 171 Å². The van der Waals surface area contributed by atoms with Crippen molar-refractivity contribution in [1.29, 1.82) is 0 Å². The molecule has 4 N–H and O–H groups in total. The van der Waals surface area contributed by atoms with Gasteiger partial charge in [0.1, 0.15) is 5.76 Å². The first-order chi connectivity index (χ1) is 62.0. The van der Waals surface area contributed by atoms with E-state index >= 15 is 0 Å². The molecule has 2 aromatic heterocycles. The Balaban J connectivity index is 1.13. The molecule has 0 aliphatic heterocycles. The molecule has 0 saturated carbocycles. The van der Waals surface area contributed by atoms with Gasteiger partial charge in [0.15, 0.2) is 23.0 Å². The summed E-state index contributed by atoms with van der Waals surface area (Å²) in [7, 11) is -3.23. The van der Waals surface area contributed by atoms with Gasteiger partial charge in [0.2, 0.25) is 17.3 Å². The molecular formula is C109H171BF2N4O10. The third kappa shape index (κ3) is 47.6. The van der Waals surface area contributed by atoms with Crippen LogP contribution in [0.4, 0.5) is 20.0 Å². The number of anilines is 2. The molecule has 4 aromatic carbocycles. The SMILES string of the molecule is CCCCCCCCCCCCOc1cc(C(=O)Nc2ccc(-c3ccc(C(=O)/C=C(\OB(F)F)c4ccc(-c5ccc(NC(=O)c6cc(OCCCCCCCCCCCC)c(OCCCCCCCCCCCC)c(OCCCCCCCCCCCC)c6)cc5)[nH]4)[nH]3)cc2)cc(OCCCCCCCCCCCC)c1OCCCCCCCCCCCC. The van der Waals surface area contributed by atoms with Gasteiger partial charge in [0.05, 0.1) is 51.0 Å². The van der Waals surface area contributed by atoms with Gasteiger partial charge in [0, 0.05) is 40.0 Å². The predicted octanol–water partition coefficient (Wildman–Crippen LogP) is 34.1. The number of carbonyl (C=O) groups excluding carboxylic acids is 3. The predicted molar refractivity (Wildman–Crippen MR) is 527 cm³/mol. The quantitative estimate of drug-likeness (QED) is 0.00947. The van der Waals surface area contributed by atoms with Crippen LogP contribution in [0.5, 0.6) is 34.5 Å². The zero-order valence-corrected chi connectivity index (χ0v) is 79.9. The van der Waals surface area contributed by atoms with Crippen LogP contribution in [0.3, 0.4) is 0 Å². The fourth-order valence-electron chi connectivity index (χ4n) is 16.5. The van der Waals surface area contributed by atoms with E-state index in [1.54, 1.807) is 72.8 Å². The van der Waals surface area contributed by atoms with E-state index in [0.29, 0.717) is 114 Å². The number of aromatic amines is 2. The number of aromatic nitrogens is 2. The minimum atomic E-state index is -3.23. The van der Waals surface area contributed by atoms with Gasteiger partial charge in [-0.25, -0.2) is 8.63 Å². The maximum atomic E-state index is 14.5. The number of amides is 2. The highest BCUT2D eigenvalue weighted by molar-refractivity contribution is 6.36. The van der Waals surface area contributed by atoms with Crippen LogP contribution in [-0.4, -0.2) is 74.7 Å². The molecule has 0 atom stereocenters. The summed E-state index contributed by atoms with van der Waals surface area (Å²) < 4.78 is 73.4. The van der Waals surface area contributed by atoms with Crippen LogP contribution in [0.25, 0.3) is 28.3 Å². The number of hydrogen-bond acceptors (Lipinski definition) is 10. The molecule has 0 aliphatic carbocycles. The standard InChI is InChI=1S/C109H171BF2N4O10/c1-7-13-19-25-31-37-43-49-55-61-79-120-102-85-92(86-103(121-80-62-56-50-44-38-32-26-20-14-8-2)106(102)124-83-65-59-53-47-41-35-29-23-17-11-5)108(118)113-94-71-67-90(68-72-94)96-75-77-98(115-96)100(117)89-101(126-110(111)112)99-78-76-97(116-99)91-69-73-95(74-70-91)114-109(119)93-87-104(122-81-63-57-51-45-39-33-27-21-15-9-3)107(125-84-66-60-54-48-42-36-30-24-18-12-6)105(88-93)123-82-64-58-52-46-40-34-28-22-16-10-4/h67-78,85-89,115-116H,7-66,79-84H2,1-6H3,(H,113,118)(H,114,119)/b101-89-. The van der Waals surface area contributed by atoms with Crippen molar-refractivity contribution in [2.45, 2.75) is 427 Å². The van der Waals surface area contributed by atoms with Crippen molar-refractivity contribution < 1.29 is 56.1 Å². The summed E-state index contributed by atoms with van der Waals surface area (Å²) in [6.45, 7) is 16.6. The van der Waals surface area contributed by atoms with E-state index in [2.05, 4.69) is 62.1 Å². The van der Waals surface area contributed by atoms with Crippen LogP contribution in [0.2, 0.25) is 0 Å². The zero-order valence-electron chi connectivity index (χ0n) is 79.9. The number of benzene rings is 4. The molecule has 17 heteroatoms. The molecule has 0 aliphatic rings. The van der Waals surface area contributed by atoms with Gasteiger partial charge in [-0.15, -0.1) is 0 Å². The lowest BCUT2D eigenvalue weighted by Crippen LogP contribution is -2.14. The van der Waals surface area contributed by atoms with Crippen LogP contribution in [0.15, 0.2) is 103 Å². The summed E-state index contributed by atoms with van der Waals surface area (Å²) in [4.78, 5) is 49.4. The molecule has 0 saturated heterocycles. The number of H-pyrrole nitrogens is 2. The summed E-state index contributed by atoms with van der Waals surface area (Å²) in [6.07, 6.45) is 74.0. The molecule has 0 spiro atoms. The van der Waals surface area contributed by atoms with Gasteiger partial charge >= 0.3 is 7.47 Å². The minimum absolute atomic E-state index is 0.153. The Morgan fingerprint density at radius 3 is 0.754 bits per heavy atom. The Labute approximate surface area is 763 Å². The summed E-state index contributed by atoms with van der Waals surface area (Å²) in [6, 6.07) is 28.4. The monoisotopic (exact) mass is 1750 g/mol. The highest BCUT2D eigenvalue weighted by Crippen LogP contribution is 2.42. The molecule has 14 nitrogen and oxygen atoms in total. The number of unbranched alkanes of at least 4 members (excludes halogenated alkanes) is 54. The van der Waals surface area contributed by atoms with Crippen molar-refractivity contribution in [3.8, 4) is 57.0 Å². The average Bonchev–Trinajstić information content (AvgIpc) is 0.910. The number of carbonyl (C=O) groups is 3. The van der Waals surface area contributed by atoms with Crippen LogP contribution in [0.1, 0.15) is 464 Å². The summed E-state index contributed by atoms with van der Waals surface area (Å²) in [5.41, 5.74) is 4.80. The van der Waals surface area contributed by atoms with E-state index in [1.165, 1.54) is 283 Å². The summed E-state index contributed by atoms with van der Waals surface area (Å²) in [5.74, 6) is 1.59. The van der Waals surface area contributed by atoms with E-state index in [9.17, 15) is 23.0 Å². The number of nitrogens with one attached hydrogen (secondary N) is 4. The molecule has 0 radical (unpaired) electrons. The molecular weight excluding hydrogens is 1570 g/mol. The van der Waals surface area contributed by atoms with Crippen molar-refractivity contribution in [2.75, 3.05) is 50.3 Å². The lowest BCUT2D eigenvalue weighted by atomic mass is 10.1. The van der Waals surface area contributed by atoms with Gasteiger partial charge in [-0.3, -0.25) is 14.4 Å². The summed E-state index contributed by atoms with van der Waals surface area (Å²) >= 11 is 0. The second-order valence-electron chi connectivity index (χ2n) is 35.7. The average molecular weight is 1750 g/mol. The number of ether oxygens (including phenoxy) is 6. The number of halogens is 2. The third-order valence-corrected chi connectivity index (χ3v) is 24.4. The fourth-order valence-corrected chi connectivity index (χ4v) is 16.5. The molecule has 704 valence electrons. The molecule has 6 rings (SSSR count). The van der Waals surface area contributed by atoms with Gasteiger partial charge in [0.25, 0.3) is 11.8 Å². The van der Waals surface area contributed by atoms with E-state index < -0.39 is 13.3 Å². The third-order valence-electron chi connectivity index (χ3n) is 24.4. The van der Waals surface area contributed by atoms with E-state index in [0.717, 1.165) is 114 Å². The Kier molecular flexibility index (Phi) is 60.5. The van der Waals surface area contributed by atoms with Gasteiger partial charge < -0.3 is 53.7 Å². The largest absolute Gasteiger partial charge is 0.796 e. The van der Waals surface area contributed by atoms with E-state index in [1.807, 2.05) is 24.3 Å². The number of allylic oxidation sites excluding steroid dienone is 1.